The summed E-state index contributed by atoms with van der Waals surface area (Å²) in [6.45, 7) is 2.05. The van der Waals surface area contributed by atoms with Crippen molar-refractivity contribution in [3.8, 4) is 6.07 Å². The Kier molecular flexibility index (Phi) is 7.12. The van der Waals surface area contributed by atoms with Crippen LogP contribution in [0.15, 0.2) is 22.7 Å². The lowest BCUT2D eigenvalue weighted by molar-refractivity contribution is -0.113. The Morgan fingerprint density at radius 1 is 1.50 bits per heavy atom. The van der Waals surface area contributed by atoms with Crippen LogP contribution >= 0.6 is 27.7 Å². The number of amides is 1. The zero-order valence-electron chi connectivity index (χ0n) is 10.8. The van der Waals surface area contributed by atoms with Gasteiger partial charge in [-0.3, -0.25) is 4.79 Å². The van der Waals surface area contributed by atoms with Gasteiger partial charge in [0.1, 0.15) is 0 Å². The minimum atomic E-state index is -0.407. The topological polar surface area (TPSA) is 79.2 Å². The molecule has 1 N–H and O–H groups in total. The summed E-state index contributed by atoms with van der Waals surface area (Å²) in [6.07, 6.45) is 0. The highest BCUT2D eigenvalue weighted by atomic mass is 79.9. The van der Waals surface area contributed by atoms with Crippen molar-refractivity contribution in [2.75, 3.05) is 23.4 Å². The Hall–Kier alpha value is -1.52. The van der Waals surface area contributed by atoms with E-state index in [1.54, 1.807) is 25.1 Å². The van der Waals surface area contributed by atoms with Gasteiger partial charge in [-0.15, -0.1) is 11.8 Å². The number of rotatable bonds is 6. The van der Waals surface area contributed by atoms with Crippen molar-refractivity contribution >= 4 is 45.3 Å². The number of nitrogens with zero attached hydrogens (tertiary/aromatic N) is 1. The maximum absolute atomic E-state index is 11.6. The van der Waals surface area contributed by atoms with Crippen LogP contribution in [0.5, 0.6) is 0 Å². The summed E-state index contributed by atoms with van der Waals surface area (Å²) in [5.41, 5.74) is 0.983. The van der Waals surface area contributed by atoms with E-state index in [4.69, 9.17) is 10.00 Å². The number of nitrogens with one attached hydrogen (secondary N) is 1. The Balaban J connectivity index is 2.66. The van der Waals surface area contributed by atoms with Crippen molar-refractivity contribution in [3.63, 3.8) is 0 Å². The van der Waals surface area contributed by atoms with E-state index >= 15 is 0 Å². The van der Waals surface area contributed by atoms with E-state index in [1.807, 2.05) is 6.07 Å². The lowest BCUT2D eigenvalue weighted by Gasteiger charge is -2.08. The number of benzene rings is 1. The standard InChI is InChI=1S/C13H13BrN2O3S/c1-2-19-13(18)9-3-4-11(10(14)7-9)16-12(17)8-20-6-5-15/h3-4,7H,2,6,8H2,1H3,(H,16,17). The fraction of sp³-hybridized carbons (Fsp3) is 0.308. The first-order valence-corrected chi connectivity index (χ1v) is 7.74. The molecular weight excluding hydrogens is 344 g/mol. The summed E-state index contributed by atoms with van der Waals surface area (Å²) < 4.78 is 5.49. The van der Waals surface area contributed by atoms with Crippen LogP contribution in [0.4, 0.5) is 5.69 Å². The Bertz CT molecular complexity index is 543. The van der Waals surface area contributed by atoms with Crippen molar-refractivity contribution in [2.24, 2.45) is 0 Å². The smallest absolute Gasteiger partial charge is 0.338 e. The maximum Gasteiger partial charge on any atom is 0.338 e. The molecule has 0 unspecified atom stereocenters. The SMILES string of the molecule is CCOC(=O)c1ccc(NC(=O)CSCC#N)c(Br)c1. The molecule has 0 bridgehead atoms. The van der Waals surface area contributed by atoms with Crippen LogP contribution in [0, 0.1) is 11.3 Å². The zero-order valence-corrected chi connectivity index (χ0v) is 13.2. The highest BCUT2D eigenvalue weighted by Crippen LogP contribution is 2.24. The van der Waals surface area contributed by atoms with Crippen LogP contribution in [0.3, 0.4) is 0 Å². The first kappa shape index (κ1) is 16.5. The summed E-state index contributed by atoms with van der Waals surface area (Å²) in [7, 11) is 0. The van der Waals surface area contributed by atoms with Gasteiger partial charge in [0.15, 0.2) is 0 Å². The van der Waals surface area contributed by atoms with Gasteiger partial charge in [0.2, 0.25) is 5.91 Å². The van der Waals surface area contributed by atoms with Crippen LogP contribution < -0.4 is 5.32 Å². The van der Waals surface area contributed by atoms with Crippen LogP contribution in [0.2, 0.25) is 0 Å². The van der Waals surface area contributed by atoms with E-state index in [9.17, 15) is 9.59 Å². The van der Waals surface area contributed by atoms with Crippen molar-refractivity contribution in [3.05, 3.63) is 28.2 Å². The molecule has 1 aromatic carbocycles. The monoisotopic (exact) mass is 356 g/mol. The van der Waals surface area contributed by atoms with E-state index in [0.717, 1.165) is 0 Å². The minimum absolute atomic E-state index is 0.199. The number of hydrogen-bond donors (Lipinski definition) is 1. The van der Waals surface area contributed by atoms with E-state index in [0.29, 0.717) is 22.3 Å². The number of anilines is 1. The Labute approximate surface area is 129 Å². The molecule has 0 aliphatic heterocycles. The molecule has 1 amide bonds. The molecule has 0 spiro atoms. The molecule has 7 heteroatoms. The first-order chi connectivity index (χ1) is 9.58. The molecule has 0 fully saturated rings. The van der Waals surface area contributed by atoms with Gasteiger partial charge in [0, 0.05) is 4.47 Å². The number of halogens is 1. The predicted octanol–water partition coefficient (Wildman–Crippen LogP) is 2.82. The van der Waals surface area contributed by atoms with Crippen LogP contribution in [-0.4, -0.2) is 30.0 Å². The molecule has 20 heavy (non-hydrogen) atoms. The number of thioether (sulfide) groups is 1. The minimum Gasteiger partial charge on any atom is -0.462 e. The third kappa shape index (κ3) is 5.23. The third-order valence-electron chi connectivity index (χ3n) is 2.15. The maximum atomic E-state index is 11.6. The largest absolute Gasteiger partial charge is 0.462 e. The normalized spacial score (nSPS) is 9.65. The summed E-state index contributed by atoms with van der Waals surface area (Å²) in [4.78, 5) is 23.1. The average molecular weight is 357 g/mol. The fourth-order valence-corrected chi connectivity index (χ4v) is 2.26. The molecule has 0 saturated carbocycles. The zero-order chi connectivity index (χ0) is 15.0. The van der Waals surface area contributed by atoms with Gasteiger partial charge >= 0.3 is 5.97 Å². The number of hydrogen-bond acceptors (Lipinski definition) is 5. The van der Waals surface area contributed by atoms with E-state index in [2.05, 4.69) is 21.2 Å². The highest BCUT2D eigenvalue weighted by Gasteiger charge is 2.11. The first-order valence-electron chi connectivity index (χ1n) is 5.79. The molecule has 0 saturated heterocycles. The molecule has 106 valence electrons. The number of nitriles is 1. The van der Waals surface area contributed by atoms with Crippen LogP contribution in [-0.2, 0) is 9.53 Å². The van der Waals surface area contributed by atoms with E-state index in [1.165, 1.54) is 11.8 Å². The second-order valence-electron chi connectivity index (χ2n) is 3.61. The summed E-state index contributed by atoms with van der Waals surface area (Å²) >= 11 is 4.53. The number of ether oxygens (including phenoxy) is 1. The lowest BCUT2D eigenvalue weighted by Crippen LogP contribution is -2.15. The molecule has 1 aromatic rings. The molecule has 0 aliphatic carbocycles. The average Bonchev–Trinajstić information content (AvgIpc) is 2.41. The number of carbonyl (C=O) groups excluding carboxylic acids is 2. The van der Waals surface area contributed by atoms with Gasteiger partial charge in [-0.05, 0) is 41.1 Å². The van der Waals surface area contributed by atoms with Gasteiger partial charge in [0.25, 0.3) is 0 Å². The second-order valence-corrected chi connectivity index (χ2v) is 5.45. The van der Waals surface area contributed by atoms with Crippen molar-refractivity contribution in [2.45, 2.75) is 6.92 Å². The van der Waals surface area contributed by atoms with Gasteiger partial charge in [0.05, 0.1) is 35.4 Å². The number of carbonyl (C=O) groups is 2. The van der Waals surface area contributed by atoms with Gasteiger partial charge in [-0.1, -0.05) is 0 Å². The molecular formula is C13H13BrN2O3S. The van der Waals surface area contributed by atoms with E-state index < -0.39 is 5.97 Å². The lowest BCUT2D eigenvalue weighted by atomic mass is 10.2. The molecule has 0 radical (unpaired) electrons. The fourth-order valence-electron chi connectivity index (χ4n) is 1.33. The van der Waals surface area contributed by atoms with Gasteiger partial charge in [-0.2, -0.15) is 5.26 Å². The Morgan fingerprint density at radius 2 is 2.25 bits per heavy atom. The highest BCUT2D eigenvalue weighted by molar-refractivity contribution is 9.10. The third-order valence-corrected chi connectivity index (χ3v) is 3.61. The van der Waals surface area contributed by atoms with Crippen molar-refractivity contribution in [1.29, 1.82) is 5.26 Å². The molecule has 0 heterocycles. The summed E-state index contributed by atoms with van der Waals surface area (Å²) in [5, 5.41) is 11.1. The van der Waals surface area contributed by atoms with E-state index in [-0.39, 0.29) is 17.4 Å². The summed E-state index contributed by atoms with van der Waals surface area (Å²) in [6, 6.07) is 6.76. The molecule has 0 aliphatic rings. The van der Waals surface area contributed by atoms with Crippen LogP contribution in [0.1, 0.15) is 17.3 Å². The number of esters is 1. The van der Waals surface area contributed by atoms with Gasteiger partial charge in [-0.25, -0.2) is 4.79 Å². The van der Waals surface area contributed by atoms with Crippen molar-refractivity contribution < 1.29 is 14.3 Å². The quantitative estimate of drug-likeness (QED) is 0.626. The van der Waals surface area contributed by atoms with Crippen LogP contribution in [0.25, 0.3) is 0 Å². The second kappa shape index (κ2) is 8.61. The predicted molar refractivity (Wildman–Crippen MR) is 81.7 cm³/mol. The van der Waals surface area contributed by atoms with Crippen molar-refractivity contribution in [1.82, 2.24) is 0 Å². The molecule has 1 rings (SSSR count). The van der Waals surface area contributed by atoms with Gasteiger partial charge < -0.3 is 10.1 Å². The molecule has 0 atom stereocenters. The summed E-state index contributed by atoms with van der Waals surface area (Å²) in [5.74, 6) is -0.124. The Morgan fingerprint density at radius 3 is 2.85 bits per heavy atom. The molecule has 5 nitrogen and oxygen atoms in total. The molecule has 0 aromatic heterocycles.